The third kappa shape index (κ3) is 4.70. The number of carbonyl (C=O) groups excluding carboxylic acids is 1. The Kier molecular flexibility index (Phi) is 6.40. The number of carbonyl (C=O) groups is 1. The van der Waals surface area contributed by atoms with Gasteiger partial charge in [0, 0.05) is 23.2 Å². The molecule has 0 radical (unpaired) electrons. The Balaban J connectivity index is 1.60. The number of benzene rings is 2. The van der Waals surface area contributed by atoms with Crippen LogP contribution in [0.3, 0.4) is 0 Å². The lowest BCUT2D eigenvalue weighted by molar-refractivity contribution is 0.100. The first-order valence-electron chi connectivity index (χ1n) is 9.53. The molecule has 26 heavy (non-hydrogen) atoms. The van der Waals surface area contributed by atoms with E-state index in [0.717, 1.165) is 18.0 Å². The van der Waals surface area contributed by atoms with Gasteiger partial charge in [-0.05, 0) is 36.6 Å². The summed E-state index contributed by atoms with van der Waals surface area (Å²) in [7, 11) is 0. The van der Waals surface area contributed by atoms with Gasteiger partial charge in [-0.2, -0.15) is 0 Å². The molecule has 0 saturated heterocycles. The first-order valence-corrected chi connectivity index (χ1v) is 9.53. The average molecular weight is 354 g/mol. The van der Waals surface area contributed by atoms with Crippen LogP contribution >= 0.6 is 0 Å². The predicted molar refractivity (Wildman–Crippen MR) is 103 cm³/mol. The van der Waals surface area contributed by atoms with Crippen molar-refractivity contribution in [3.8, 4) is 11.1 Å². The number of hydrogen-bond donors (Lipinski definition) is 2. The van der Waals surface area contributed by atoms with Gasteiger partial charge in [-0.1, -0.05) is 62.4 Å². The van der Waals surface area contributed by atoms with Crippen LogP contribution in [0.15, 0.2) is 42.5 Å². The summed E-state index contributed by atoms with van der Waals surface area (Å²) in [6.45, 7) is 1.47. The van der Waals surface area contributed by atoms with E-state index < -0.39 is 5.91 Å². The normalized spacial score (nSPS) is 15.1. The molecule has 0 heterocycles. The third-order valence-electron chi connectivity index (χ3n) is 5.33. The summed E-state index contributed by atoms with van der Waals surface area (Å²) in [5.74, 6) is 0.147. The molecule has 1 fully saturated rings. The molecule has 0 aliphatic heterocycles. The molecule has 1 saturated carbocycles. The molecule has 0 spiro atoms. The Bertz CT molecular complexity index is 736. The van der Waals surface area contributed by atoms with Gasteiger partial charge in [0.05, 0.1) is 0 Å². The fourth-order valence-corrected chi connectivity index (χ4v) is 3.76. The Hall–Kier alpha value is -2.20. The van der Waals surface area contributed by atoms with Gasteiger partial charge in [-0.3, -0.25) is 4.79 Å². The molecular formula is C22H27FN2O. The van der Waals surface area contributed by atoms with E-state index in [2.05, 4.69) is 5.32 Å². The zero-order chi connectivity index (χ0) is 18.4. The molecular weight excluding hydrogens is 327 g/mol. The number of hydrogen-bond acceptors (Lipinski definition) is 2. The molecule has 2 aromatic rings. The Labute approximate surface area is 154 Å². The molecule has 3 N–H and O–H groups in total. The van der Waals surface area contributed by atoms with Crippen LogP contribution < -0.4 is 11.1 Å². The fourth-order valence-electron chi connectivity index (χ4n) is 3.76. The summed E-state index contributed by atoms with van der Waals surface area (Å²) in [6.07, 6.45) is 7.95. The van der Waals surface area contributed by atoms with E-state index in [1.807, 2.05) is 12.1 Å². The molecule has 0 aromatic heterocycles. The number of rotatable bonds is 7. The molecule has 3 nitrogen and oxygen atoms in total. The maximum Gasteiger partial charge on any atom is 0.248 e. The second-order valence-corrected chi connectivity index (χ2v) is 7.19. The highest BCUT2D eigenvalue weighted by Gasteiger charge is 2.13. The fraction of sp³-hybridized carbons (Fsp3) is 0.409. The minimum atomic E-state index is -0.479. The van der Waals surface area contributed by atoms with E-state index in [0.29, 0.717) is 23.2 Å². The van der Waals surface area contributed by atoms with Crippen molar-refractivity contribution < 1.29 is 9.18 Å². The van der Waals surface area contributed by atoms with E-state index in [9.17, 15) is 9.18 Å². The van der Waals surface area contributed by atoms with Crippen molar-refractivity contribution in [3.05, 3.63) is 59.4 Å². The van der Waals surface area contributed by atoms with E-state index in [1.54, 1.807) is 30.3 Å². The van der Waals surface area contributed by atoms with Gasteiger partial charge in [0.25, 0.3) is 0 Å². The first-order chi connectivity index (χ1) is 12.6. The lowest BCUT2D eigenvalue weighted by Gasteiger charge is -2.21. The highest BCUT2D eigenvalue weighted by Crippen LogP contribution is 2.27. The SMILES string of the molecule is NC(=O)c1ccc(-c2cccc(CNCCC3CCCCC3)c2F)cc1. The van der Waals surface area contributed by atoms with Crippen LogP contribution in [0.4, 0.5) is 4.39 Å². The maximum absolute atomic E-state index is 14.9. The van der Waals surface area contributed by atoms with E-state index in [-0.39, 0.29) is 5.82 Å². The number of nitrogens with two attached hydrogens (primary N) is 1. The van der Waals surface area contributed by atoms with Crippen molar-refractivity contribution in [1.82, 2.24) is 5.32 Å². The van der Waals surface area contributed by atoms with Crippen molar-refractivity contribution in [3.63, 3.8) is 0 Å². The minimum absolute atomic E-state index is 0.204. The average Bonchev–Trinajstić information content (AvgIpc) is 2.67. The summed E-state index contributed by atoms with van der Waals surface area (Å²) in [6, 6.07) is 12.2. The van der Waals surface area contributed by atoms with Crippen LogP contribution in [-0.2, 0) is 6.54 Å². The van der Waals surface area contributed by atoms with Gasteiger partial charge in [-0.25, -0.2) is 4.39 Å². The Morgan fingerprint density at radius 2 is 1.81 bits per heavy atom. The van der Waals surface area contributed by atoms with Gasteiger partial charge >= 0.3 is 0 Å². The number of primary amides is 1. The predicted octanol–water partition coefficient (Wildman–Crippen LogP) is 4.65. The highest BCUT2D eigenvalue weighted by molar-refractivity contribution is 5.93. The van der Waals surface area contributed by atoms with E-state index in [4.69, 9.17) is 5.73 Å². The molecule has 0 atom stereocenters. The molecule has 1 aliphatic rings. The molecule has 2 aromatic carbocycles. The van der Waals surface area contributed by atoms with E-state index >= 15 is 0 Å². The quantitative estimate of drug-likeness (QED) is 0.711. The van der Waals surface area contributed by atoms with Crippen LogP contribution in [-0.4, -0.2) is 12.5 Å². The summed E-state index contributed by atoms with van der Waals surface area (Å²) in [4.78, 5) is 11.2. The smallest absolute Gasteiger partial charge is 0.248 e. The molecule has 0 unspecified atom stereocenters. The molecule has 0 bridgehead atoms. The van der Waals surface area contributed by atoms with Gasteiger partial charge in [0.2, 0.25) is 5.91 Å². The van der Waals surface area contributed by atoms with E-state index in [1.165, 1.54) is 38.5 Å². The zero-order valence-corrected chi connectivity index (χ0v) is 15.1. The van der Waals surface area contributed by atoms with Crippen molar-refractivity contribution in [2.24, 2.45) is 11.7 Å². The minimum Gasteiger partial charge on any atom is -0.366 e. The van der Waals surface area contributed by atoms with Crippen molar-refractivity contribution in [2.45, 2.75) is 45.1 Å². The molecule has 3 rings (SSSR count). The number of amides is 1. The third-order valence-corrected chi connectivity index (χ3v) is 5.33. The first kappa shape index (κ1) is 18.6. The summed E-state index contributed by atoms with van der Waals surface area (Å²) in [5, 5.41) is 3.39. The Morgan fingerprint density at radius 3 is 2.50 bits per heavy atom. The van der Waals surface area contributed by atoms with Crippen LogP contribution in [0, 0.1) is 11.7 Å². The van der Waals surface area contributed by atoms with Crippen molar-refractivity contribution >= 4 is 5.91 Å². The number of nitrogens with one attached hydrogen (secondary N) is 1. The number of halogens is 1. The molecule has 4 heteroatoms. The monoisotopic (exact) mass is 354 g/mol. The van der Waals surface area contributed by atoms with Crippen LogP contribution in [0.1, 0.15) is 54.4 Å². The Morgan fingerprint density at radius 1 is 1.08 bits per heavy atom. The standard InChI is InChI=1S/C22H27FN2O/c23-21-19(15-25-14-13-16-5-2-1-3-6-16)7-4-8-20(21)17-9-11-18(12-10-17)22(24)26/h4,7-12,16,25H,1-3,5-6,13-15H2,(H2,24,26). The van der Waals surface area contributed by atoms with Crippen LogP contribution in [0.25, 0.3) is 11.1 Å². The maximum atomic E-state index is 14.9. The van der Waals surface area contributed by atoms with Crippen molar-refractivity contribution in [2.75, 3.05) is 6.54 Å². The summed E-state index contributed by atoms with van der Waals surface area (Å²) < 4.78 is 14.9. The lowest BCUT2D eigenvalue weighted by atomic mass is 9.87. The topological polar surface area (TPSA) is 55.1 Å². The van der Waals surface area contributed by atoms with Gasteiger partial charge in [0.1, 0.15) is 5.82 Å². The molecule has 1 amide bonds. The lowest BCUT2D eigenvalue weighted by Crippen LogP contribution is -2.19. The van der Waals surface area contributed by atoms with Gasteiger partial charge in [-0.15, -0.1) is 0 Å². The largest absolute Gasteiger partial charge is 0.366 e. The highest BCUT2D eigenvalue weighted by atomic mass is 19.1. The van der Waals surface area contributed by atoms with Crippen LogP contribution in [0.2, 0.25) is 0 Å². The van der Waals surface area contributed by atoms with Crippen molar-refractivity contribution in [1.29, 1.82) is 0 Å². The van der Waals surface area contributed by atoms with Gasteiger partial charge in [0.15, 0.2) is 0 Å². The van der Waals surface area contributed by atoms with Gasteiger partial charge < -0.3 is 11.1 Å². The second kappa shape index (κ2) is 8.95. The molecule has 1 aliphatic carbocycles. The summed E-state index contributed by atoms with van der Waals surface area (Å²) in [5.41, 5.74) is 7.65. The van der Waals surface area contributed by atoms with Crippen LogP contribution in [0.5, 0.6) is 0 Å². The molecule has 138 valence electrons. The second-order valence-electron chi connectivity index (χ2n) is 7.19. The summed E-state index contributed by atoms with van der Waals surface area (Å²) >= 11 is 0. The zero-order valence-electron chi connectivity index (χ0n) is 15.1.